The van der Waals surface area contributed by atoms with Crippen molar-refractivity contribution in [3.05, 3.63) is 23.8 Å². The van der Waals surface area contributed by atoms with E-state index in [-0.39, 0.29) is 0 Å². The standard InChI is InChI=1S/C9H12O/c1-10-6-9-5-7-2-3-8(9)4-7/h2-3,5,7-8H,4,6H2,1H3. The third kappa shape index (κ3) is 0.816. The molecule has 0 amide bonds. The van der Waals surface area contributed by atoms with Gasteiger partial charge in [0.2, 0.25) is 0 Å². The fourth-order valence-electron chi connectivity index (χ4n) is 1.85. The van der Waals surface area contributed by atoms with Crippen LogP contribution in [0.2, 0.25) is 0 Å². The molecule has 2 aliphatic carbocycles. The summed E-state index contributed by atoms with van der Waals surface area (Å²) in [5.41, 5.74) is 1.48. The van der Waals surface area contributed by atoms with Gasteiger partial charge in [-0.25, -0.2) is 0 Å². The second-order valence-electron chi connectivity index (χ2n) is 3.07. The highest BCUT2D eigenvalue weighted by molar-refractivity contribution is 5.30. The predicted molar refractivity (Wildman–Crippen MR) is 40.7 cm³/mol. The molecule has 1 nitrogen and oxygen atoms in total. The van der Waals surface area contributed by atoms with Crippen molar-refractivity contribution in [2.45, 2.75) is 6.42 Å². The normalized spacial score (nSPS) is 35.1. The molecule has 0 spiro atoms. The first-order valence-corrected chi connectivity index (χ1v) is 3.78. The maximum atomic E-state index is 5.08. The van der Waals surface area contributed by atoms with Crippen molar-refractivity contribution in [3.63, 3.8) is 0 Å². The molecule has 0 fully saturated rings. The molecule has 0 heterocycles. The molecule has 10 heavy (non-hydrogen) atoms. The Labute approximate surface area is 61.4 Å². The Morgan fingerprint density at radius 2 is 2.50 bits per heavy atom. The van der Waals surface area contributed by atoms with Gasteiger partial charge in [-0.3, -0.25) is 0 Å². The Morgan fingerprint density at radius 3 is 3.00 bits per heavy atom. The molecule has 0 aliphatic heterocycles. The highest BCUT2D eigenvalue weighted by atomic mass is 16.5. The van der Waals surface area contributed by atoms with Crippen LogP contribution in [-0.4, -0.2) is 13.7 Å². The second-order valence-corrected chi connectivity index (χ2v) is 3.07. The van der Waals surface area contributed by atoms with E-state index in [0.717, 1.165) is 12.5 Å². The van der Waals surface area contributed by atoms with Crippen molar-refractivity contribution in [3.8, 4) is 0 Å². The monoisotopic (exact) mass is 136 g/mol. The third-order valence-corrected chi connectivity index (χ3v) is 2.33. The maximum absolute atomic E-state index is 5.08. The second kappa shape index (κ2) is 2.24. The van der Waals surface area contributed by atoms with Crippen molar-refractivity contribution >= 4 is 0 Å². The highest BCUT2D eigenvalue weighted by Crippen LogP contribution is 2.37. The third-order valence-electron chi connectivity index (χ3n) is 2.33. The van der Waals surface area contributed by atoms with Crippen LogP contribution >= 0.6 is 0 Å². The molecule has 0 saturated heterocycles. The van der Waals surface area contributed by atoms with Gasteiger partial charge in [-0.15, -0.1) is 0 Å². The van der Waals surface area contributed by atoms with Crippen LogP contribution in [0.3, 0.4) is 0 Å². The fraction of sp³-hybridized carbons (Fsp3) is 0.556. The lowest BCUT2D eigenvalue weighted by Gasteiger charge is -2.07. The minimum absolute atomic E-state index is 0.713. The molecule has 2 rings (SSSR count). The van der Waals surface area contributed by atoms with Gasteiger partial charge in [0.15, 0.2) is 0 Å². The largest absolute Gasteiger partial charge is 0.380 e. The number of methoxy groups -OCH3 is 1. The van der Waals surface area contributed by atoms with Crippen LogP contribution in [0.1, 0.15) is 6.42 Å². The molecular formula is C9H12O. The summed E-state index contributed by atoms with van der Waals surface area (Å²) >= 11 is 0. The van der Waals surface area contributed by atoms with E-state index in [9.17, 15) is 0 Å². The Morgan fingerprint density at radius 1 is 1.60 bits per heavy atom. The first kappa shape index (κ1) is 6.17. The summed E-state index contributed by atoms with van der Waals surface area (Å²) in [4.78, 5) is 0. The summed E-state index contributed by atoms with van der Waals surface area (Å²) in [6.07, 6.45) is 8.25. The van der Waals surface area contributed by atoms with Gasteiger partial charge in [0.05, 0.1) is 6.61 Å². The number of ether oxygens (including phenoxy) is 1. The number of fused-ring (bicyclic) bond motifs is 2. The van der Waals surface area contributed by atoms with Gasteiger partial charge in [-0.1, -0.05) is 18.2 Å². The molecule has 2 aliphatic rings. The Kier molecular flexibility index (Phi) is 1.38. The quantitative estimate of drug-likeness (QED) is 0.526. The van der Waals surface area contributed by atoms with E-state index >= 15 is 0 Å². The Balaban J connectivity index is 2.07. The highest BCUT2D eigenvalue weighted by Gasteiger charge is 2.27. The van der Waals surface area contributed by atoms with Crippen LogP contribution in [0.15, 0.2) is 23.8 Å². The van der Waals surface area contributed by atoms with Crippen LogP contribution in [0.5, 0.6) is 0 Å². The maximum Gasteiger partial charge on any atom is 0.0678 e. The summed E-state index contributed by atoms with van der Waals surface area (Å²) in [5.74, 6) is 1.44. The van der Waals surface area contributed by atoms with E-state index < -0.39 is 0 Å². The summed E-state index contributed by atoms with van der Waals surface area (Å²) in [6.45, 7) is 0.825. The molecule has 2 atom stereocenters. The average Bonchev–Trinajstić information content (AvgIpc) is 2.48. The van der Waals surface area contributed by atoms with E-state index in [4.69, 9.17) is 4.74 Å². The minimum Gasteiger partial charge on any atom is -0.380 e. The van der Waals surface area contributed by atoms with Crippen LogP contribution in [0.25, 0.3) is 0 Å². The molecule has 0 aromatic rings. The molecule has 0 saturated carbocycles. The van der Waals surface area contributed by atoms with Gasteiger partial charge in [0.1, 0.15) is 0 Å². The van der Waals surface area contributed by atoms with Crippen molar-refractivity contribution in [2.24, 2.45) is 11.8 Å². The molecule has 0 aromatic heterocycles. The Hall–Kier alpha value is -0.560. The van der Waals surface area contributed by atoms with Crippen LogP contribution in [-0.2, 0) is 4.74 Å². The first-order chi connectivity index (χ1) is 4.90. The van der Waals surface area contributed by atoms with Crippen LogP contribution in [0.4, 0.5) is 0 Å². The summed E-state index contributed by atoms with van der Waals surface area (Å²) in [7, 11) is 1.76. The zero-order valence-corrected chi connectivity index (χ0v) is 6.21. The smallest absolute Gasteiger partial charge is 0.0678 e. The number of rotatable bonds is 2. The van der Waals surface area contributed by atoms with Gasteiger partial charge < -0.3 is 4.74 Å². The zero-order valence-electron chi connectivity index (χ0n) is 6.21. The van der Waals surface area contributed by atoms with E-state index in [0.29, 0.717) is 5.92 Å². The Bertz CT molecular complexity index is 191. The molecule has 0 aromatic carbocycles. The molecule has 2 unspecified atom stereocenters. The molecule has 54 valence electrons. The lowest BCUT2D eigenvalue weighted by atomic mass is 10.0. The van der Waals surface area contributed by atoms with Crippen molar-refractivity contribution in [2.75, 3.05) is 13.7 Å². The van der Waals surface area contributed by atoms with E-state index in [1.807, 2.05) is 0 Å². The van der Waals surface area contributed by atoms with Gasteiger partial charge >= 0.3 is 0 Å². The molecule has 1 heteroatoms. The summed E-state index contributed by atoms with van der Waals surface area (Å²) in [6, 6.07) is 0. The number of hydrogen-bond acceptors (Lipinski definition) is 1. The SMILES string of the molecule is COCC1=CC2C=CC1C2. The lowest BCUT2D eigenvalue weighted by Crippen LogP contribution is -2.00. The van der Waals surface area contributed by atoms with Gasteiger partial charge in [0, 0.05) is 13.0 Å². The molecule has 0 radical (unpaired) electrons. The topological polar surface area (TPSA) is 9.23 Å². The van der Waals surface area contributed by atoms with Crippen molar-refractivity contribution in [1.82, 2.24) is 0 Å². The predicted octanol–water partition coefficient (Wildman–Crippen LogP) is 1.77. The van der Waals surface area contributed by atoms with E-state index in [2.05, 4.69) is 18.2 Å². The molecule has 0 N–H and O–H groups in total. The summed E-state index contributed by atoms with van der Waals surface area (Å²) in [5, 5.41) is 0. The fourth-order valence-corrected chi connectivity index (χ4v) is 1.85. The molecule has 2 bridgehead atoms. The number of allylic oxidation sites excluding steroid dienone is 3. The van der Waals surface area contributed by atoms with Crippen LogP contribution < -0.4 is 0 Å². The van der Waals surface area contributed by atoms with Crippen LogP contribution in [0, 0.1) is 11.8 Å². The van der Waals surface area contributed by atoms with Gasteiger partial charge in [-0.05, 0) is 17.9 Å². The average molecular weight is 136 g/mol. The van der Waals surface area contributed by atoms with E-state index in [1.54, 1.807) is 7.11 Å². The molecular weight excluding hydrogens is 124 g/mol. The lowest BCUT2D eigenvalue weighted by molar-refractivity contribution is 0.220. The van der Waals surface area contributed by atoms with E-state index in [1.165, 1.54) is 12.0 Å². The van der Waals surface area contributed by atoms with Crippen molar-refractivity contribution < 1.29 is 4.74 Å². The number of hydrogen-bond donors (Lipinski definition) is 0. The van der Waals surface area contributed by atoms with Gasteiger partial charge in [-0.2, -0.15) is 0 Å². The summed E-state index contributed by atoms with van der Waals surface area (Å²) < 4.78 is 5.08. The van der Waals surface area contributed by atoms with Gasteiger partial charge in [0.25, 0.3) is 0 Å². The van der Waals surface area contributed by atoms with Crippen molar-refractivity contribution in [1.29, 1.82) is 0 Å². The first-order valence-electron chi connectivity index (χ1n) is 3.78. The minimum atomic E-state index is 0.713. The zero-order chi connectivity index (χ0) is 6.97.